The van der Waals surface area contributed by atoms with Crippen LogP contribution in [-0.4, -0.2) is 0 Å². The van der Waals surface area contributed by atoms with E-state index in [1.54, 1.807) is 11.3 Å². The molecule has 17 heavy (non-hydrogen) atoms. The van der Waals surface area contributed by atoms with Crippen LogP contribution in [0.2, 0.25) is 0 Å². The summed E-state index contributed by atoms with van der Waals surface area (Å²) < 4.78 is 6.85. The maximum Gasteiger partial charge on any atom is 0.126 e. The number of alkyl halides is 1. The van der Waals surface area contributed by atoms with Gasteiger partial charge >= 0.3 is 0 Å². The van der Waals surface area contributed by atoms with Crippen LogP contribution in [0.3, 0.4) is 0 Å². The first-order valence-electron chi connectivity index (χ1n) is 5.42. The molecule has 0 radical (unpaired) electrons. The molecule has 0 aliphatic rings. The van der Waals surface area contributed by atoms with Crippen LogP contribution in [0.1, 0.15) is 22.5 Å². The van der Waals surface area contributed by atoms with Gasteiger partial charge in [-0.25, -0.2) is 0 Å². The van der Waals surface area contributed by atoms with Crippen LogP contribution >= 0.6 is 22.9 Å². The van der Waals surface area contributed by atoms with E-state index in [1.807, 2.05) is 31.2 Å². The van der Waals surface area contributed by atoms with Gasteiger partial charge in [0, 0.05) is 4.70 Å². The Labute approximate surface area is 109 Å². The molecule has 1 aromatic carbocycles. The lowest BCUT2D eigenvalue weighted by Gasteiger charge is -2.05. The zero-order valence-corrected chi connectivity index (χ0v) is 10.9. The first kappa shape index (κ1) is 10.9. The van der Waals surface area contributed by atoms with Gasteiger partial charge in [-0.1, -0.05) is 18.2 Å². The Morgan fingerprint density at radius 3 is 2.76 bits per heavy atom. The smallest absolute Gasteiger partial charge is 0.126 e. The van der Waals surface area contributed by atoms with Crippen LogP contribution in [0, 0.1) is 6.92 Å². The molecule has 1 unspecified atom stereocenters. The third kappa shape index (κ3) is 1.88. The fourth-order valence-electron chi connectivity index (χ4n) is 1.94. The molecule has 3 aromatic rings. The molecule has 1 nitrogen and oxygen atoms in total. The van der Waals surface area contributed by atoms with Gasteiger partial charge in [0.2, 0.25) is 0 Å². The fourth-order valence-corrected chi connectivity index (χ4v) is 3.30. The quantitative estimate of drug-likeness (QED) is 0.584. The first-order valence-corrected chi connectivity index (χ1v) is 6.74. The molecule has 0 fully saturated rings. The number of hydrogen-bond donors (Lipinski definition) is 0. The number of thiophene rings is 1. The van der Waals surface area contributed by atoms with Gasteiger partial charge in [-0.2, -0.15) is 0 Å². The summed E-state index contributed by atoms with van der Waals surface area (Å²) in [6.07, 6.45) is 0. The summed E-state index contributed by atoms with van der Waals surface area (Å²) in [6.45, 7) is 1.93. The highest BCUT2D eigenvalue weighted by atomic mass is 35.5. The minimum absolute atomic E-state index is 0.208. The monoisotopic (exact) mass is 262 g/mol. The molecule has 0 spiro atoms. The second kappa shape index (κ2) is 4.21. The summed E-state index contributed by atoms with van der Waals surface area (Å²) >= 11 is 8.20. The molecule has 3 rings (SSSR count). The fraction of sp³-hybridized carbons (Fsp3) is 0.143. The Morgan fingerprint density at radius 1 is 1.18 bits per heavy atom. The van der Waals surface area contributed by atoms with Crippen molar-refractivity contribution in [1.29, 1.82) is 0 Å². The van der Waals surface area contributed by atoms with E-state index in [1.165, 1.54) is 10.1 Å². The Kier molecular flexibility index (Phi) is 2.69. The molecule has 86 valence electrons. The van der Waals surface area contributed by atoms with E-state index in [4.69, 9.17) is 16.0 Å². The minimum atomic E-state index is -0.208. The van der Waals surface area contributed by atoms with Crippen molar-refractivity contribution in [2.24, 2.45) is 0 Å². The van der Waals surface area contributed by atoms with Gasteiger partial charge in [0.15, 0.2) is 0 Å². The largest absolute Gasteiger partial charge is 0.464 e. The minimum Gasteiger partial charge on any atom is -0.464 e. The van der Waals surface area contributed by atoms with Gasteiger partial charge < -0.3 is 4.42 Å². The molecular formula is C14H11ClOS. The third-order valence-corrected chi connectivity index (χ3v) is 4.23. The highest BCUT2D eigenvalue weighted by molar-refractivity contribution is 7.17. The van der Waals surface area contributed by atoms with E-state index in [-0.39, 0.29) is 5.38 Å². The molecule has 0 amide bonds. The van der Waals surface area contributed by atoms with E-state index >= 15 is 0 Å². The van der Waals surface area contributed by atoms with Crippen molar-refractivity contribution in [3.63, 3.8) is 0 Å². The van der Waals surface area contributed by atoms with Crippen molar-refractivity contribution in [2.45, 2.75) is 12.3 Å². The highest BCUT2D eigenvalue weighted by Gasteiger charge is 2.18. The second-order valence-electron chi connectivity index (χ2n) is 4.00. The Morgan fingerprint density at radius 2 is 2.00 bits per heavy atom. The van der Waals surface area contributed by atoms with Crippen molar-refractivity contribution in [2.75, 3.05) is 0 Å². The predicted octanol–water partition coefficient (Wildman–Crippen LogP) is 5.13. The molecule has 1 atom stereocenters. The zero-order valence-electron chi connectivity index (χ0n) is 9.31. The van der Waals surface area contributed by atoms with Crippen molar-refractivity contribution in [1.82, 2.24) is 0 Å². The molecule has 0 bridgehead atoms. The van der Waals surface area contributed by atoms with E-state index in [0.717, 1.165) is 17.1 Å². The van der Waals surface area contributed by atoms with Crippen LogP contribution in [0.15, 0.2) is 46.2 Å². The normalized spacial score (nSPS) is 13.1. The van der Waals surface area contributed by atoms with Crippen LogP contribution in [0.5, 0.6) is 0 Å². The summed E-state index contributed by atoms with van der Waals surface area (Å²) in [5.74, 6) is 1.71. The number of rotatable bonds is 2. The van der Waals surface area contributed by atoms with E-state index in [2.05, 4.69) is 17.5 Å². The molecule has 2 aromatic heterocycles. The van der Waals surface area contributed by atoms with Crippen LogP contribution in [0.4, 0.5) is 0 Å². The van der Waals surface area contributed by atoms with Gasteiger partial charge in [-0.05, 0) is 41.5 Å². The number of fused-ring (bicyclic) bond motifs is 1. The van der Waals surface area contributed by atoms with Crippen molar-refractivity contribution in [3.05, 3.63) is 58.9 Å². The molecule has 0 aliphatic carbocycles. The standard InChI is InChI=1S/C14H11ClOS/c1-9-6-7-12(16-9)14(15)11-8-17-13-5-3-2-4-10(11)13/h2-8,14H,1H3. The average Bonchev–Trinajstić information content (AvgIpc) is 2.94. The number of furan rings is 1. The Balaban J connectivity index is 2.09. The van der Waals surface area contributed by atoms with Crippen molar-refractivity contribution >= 4 is 33.0 Å². The highest BCUT2D eigenvalue weighted by Crippen LogP contribution is 2.37. The number of hydrogen-bond acceptors (Lipinski definition) is 2. The summed E-state index contributed by atoms with van der Waals surface area (Å²) in [5.41, 5.74) is 1.13. The van der Waals surface area contributed by atoms with E-state index < -0.39 is 0 Å². The molecule has 0 aliphatic heterocycles. The molecule has 2 heterocycles. The summed E-state index contributed by atoms with van der Waals surface area (Å²) in [5, 5.41) is 3.12. The van der Waals surface area contributed by atoms with E-state index in [9.17, 15) is 0 Å². The molecule has 0 saturated heterocycles. The summed E-state index contributed by atoms with van der Waals surface area (Å²) in [7, 11) is 0. The molecule has 0 saturated carbocycles. The third-order valence-electron chi connectivity index (χ3n) is 2.79. The van der Waals surface area contributed by atoms with Crippen LogP contribution in [0.25, 0.3) is 10.1 Å². The Bertz CT molecular complexity index is 653. The van der Waals surface area contributed by atoms with Gasteiger partial charge in [-0.3, -0.25) is 0 Å². The molecule has 0 N–H and O–H groups in total. The number of aryl methyl sites for hydroxylation is 1. The van der Waals surface area contributed by atoms with Crippen molar-refractivity contribution in [3.8, 4) is 0 Å². The lowest BCUT2D eigenvalue weighted by atomic mass is 10.1. The van der Waals surface area contributed by atoms with Crippen LogP contribution in [-0.2, 0) is 0 Å². The SMILES string of the molecule is Cc1ccc(C(Cl)c2csc3ccccc23)o1. The lowest BCUT2D eigenvalue weighted by molar-refractivity contribution is 0.489. The maximum absolute atomic E-state index is 6.48. The first-order chi connectivity index (χ1) is 8.25. The molecule has 3 heteroatoms. The maximum atomic E-state index is 6.48. The second-order valence-corrected chi connectivity index (χ2v) is 5.35. The van der Waals surface area contributed by atoms with Gasteiger partial charge in [0.25, 0.3) is 0 Å². The van der Waals surface area contributed by atoms with Gasteiger partial charge in [0.05, 0.1) is 0 Å². The topological polar surface area (TPSA) is 13.1 Å². The number of halogens is 1. The van der Waals surface area contributed by atoms with Crippen LogP contribution < -0.4 is 0 Å². The Hall–Kier alpha value is -1.25. The summed E-state index contributed by atoms with van der Waals surface area (Å²) in [6, 6.07) is 12.2. The van der Waals surface area contributed by atoms with Gasteiger partial charge in [0.1, 0.15) is 16.9 Å². The summed E-state index contributed by atoms with van der Waals surface area (Å²) in [4.78, 5) is 0. The lowest BCUT2D eigenvalue weighted by Crippen LogP contribution is -1.89. The number of benzene rings is 1. The predicted molar refractivity (Wildman–Crippen MR) is 73.0 cm³/mol. The zero-order chi connectivity index (χ0) is 11.8. The van der Waals surface area contributed by atoms with Gasteiger partial charge in [-0.15, -0.1) is 22.9 Å². The molecular weight excluding hydrogens is 252 g/mol. The van der Waals surface area contributed by atoms with Crippen molar-refractivity contribution < 1.29 is 4.42 Å². The average molecular weight is 263 g/mol. The van der Waals surface area contributed by atoms with E-state index in [0.29, 0.717) is 0 Å².